The average molecular weight is 437 g/mol. The molecule has 4 rings (SSSR count). The summed E-state index contributed by atoms with van der Waals surface area (Å²) in [6.45, 7) is 7.75. The molecule has 0 bridgehead atoms. The van der Waals surface area contributed by atoms with E-state index in [4.69, 9.17) is 9.26 Å². The molecule has 1 unspecified atom stereocenters. The van der Waals surface area contributed by atoms with Gasteiger partial charge in [0.2, 0.25) is 0 Å². The summed E-state index contributed by atoms with van der Waals surface area (Å²) in [5, 5.41) is 7.56. The second-order valence-corrected chi connectivity index (χ2v) is 7.89. The maximum absolute atomic E-state index is 15.0. The molecule has 0 amide bonds. The third kappa shape index (κ3) is 5.16. The quantitative estimate of drug-likeness (QED) is 0.544. The zero-order valence-corrected chi connectivity index (χ0v) is 18.6. The molecule has 1 aliphatic heterocycles. The van der Waals surface area contributed by atoms with Crippen LogP contribution >= 0.6 is 0 Å². The van der Waals surface area contributed by atoms with Gasteiger partial charge in [0, 0.05) is 42.9 Å². The Balaban J connectivity index is 1.57. The van der Waals surface area contributed by atoms with Gasteiger partial charge in [0.05, 0.1) is 13.2 Å². The maximum atomic E-state index is 15.0. The molecule has 2 heterocycles. The van der Waals surface area contributed by atoms with Crippen molar-refractivity contribution in [3.05, 3.63) is 71.5 Å². The second kappa shape index (κ2) is 10.4. The Bertz CT molecular complexity index is 1050. The number of anilines is 1. The van der Waals surface area contributed by atoms with Crippen LogP contribution in [0.1, 0.15) is 37.6 Å². The average Bonchev–Trinajstić information content (AvgIpc) is 3.31. The number of benzene rings is 2. The molecule has 168 valence electrons. The molecule has 0 radical (unpaired) electrons. The van der Waals surface area contributed by atoms with E-state index in [-0.39, 0.29) is 11.7 Å². The van der Waals surface area contributed by atoms with Crippen LogP contribution in [0.5, 0.6) is 0 Å². The fraction of sp³-hybridized carbons (Fsp3) is 0.360. The van der Waals surface area contributed by atoms with Crippen molar-refractivity contribution in [3.63, 3.8) is 0 Å². The van der Waals surface area contributed by atoms with Gasteiger partial charge in [-0.05, 0) is 28.8 Å². The Morgan fingerprint density at radius 3 is 2.69 bits per heavy atom. The van der Waals surface area contributed by atoms with Crippen molar-refractivity contribution in [1.29, 1.82) is 0 Å². The van der Waals surface area contributed by atoms with Crippen molar-refractivity contribution < 1.29 is 13.7 Å². The summed E-state index contributed by atoms with van der Waals surface area (Å²) >= 11 is 0. The smallest absolute Gasteiger partial charge is 0.266 e. The molecule has 1 aromatic heterocycles. The molecule has 1 saturated heterocycles. The highest BCUT2D eigenvalue weighted by atomic mass is 19.1. The van der Waals surface area contributed by atoms with Crippen molar-refractivity contribution in [2.75, 3.05) is 37.7 Å². The number of hydrogen-bond donors (Lipinski definition) is 1. The molecule has 2 aromatic carbocycles. The van der Waals surface area contributed by atoms with Crippen LogP contribution in [-0.4, -0.2) is 43.0 Å². The van der Waals surface area contributed by atoms with Crippen LogP contribution in [0.3, 0.4) is 0 Å². The molecular weight excluding hydrogens is 407 g/mol. The zero-order valence-electron chi connectivity index (χ0n) is 18.6. The monoisotopic (exact) mass is 436 g/mol. The molecule has 6 nitrogen and oxygen atoms in total. The number of hydrogen-bond acceptors (Lipinski definition) is 6. The van der Waals surface area contributed by atoms with E-state index in [1.54, 1.807) is 6.07 Å². The fourth-order valence-electron chi connectivity index (χ4n) is 3.74. The first-order chi connectivity index (χ1) is 15.7. The van der Waals surface area contributed by atoms with Gasteiger partial charge in [-0.1, -0.05) is 56.3 Å². The van der Waals surface area contributed by atoms with Gasteiger partial charge >= 0.3 is 0 Å². The molecule has 0 aliphatic carbocycles. The van der Waals surface area contributed by atoms with Gasteiger partial charge in [0.25, 0.3) is 11.8 Å². The SMILES string of the molecule is CCCNC(=Cc1nc(N2CCOCC2)no1)C(C)c1ccc(-c2ccccc2)c(F)c1. The van der Waals surface area contributed by atoms with E-state index in [0.717, 1.165) is 42.9 Å². The Labute approximate surface area is 188 Å². The lowest BCUT2D eigenvalue weighted by atomic mass is 9.94. The van der Waals surface area contributed by atoms with Gasteiger partial charge in [0.15, 0.2) is 0 Å². The van der Waals surface area contributed by atoms with E-state index in [0.29, 0.717) is 30.6 Å². The van der Waals surface area contributed by atoms with E-state index in [9.17, 15) is 4.39 Å². The lowest BCUT2D eigenvalue weighted by molar-refractivity contribution is 0.121. The highest BCUT2D eigenvalue weighted by molar-refractivity contribution is 5.64. The van der Waals surface area contributed by atoms with E-state index in [1.807, 2.05) is 60.4 Å². The maximum Gasteiger partial charge on any atom is 0.266 e. The van der Waals surface area contributed by atoms with E-state index < -0.39 is 0 Å². The van der Waals surface area contributed by atoms with Crippen molar-refractivity contribution in [3.8, 4) is 11.1 Å². The van der Waals surface area contributed by atoms with Crippen LogP contribution in [-0.2, 0) is 4.74 Å². The van der Waals surface area contributed by atoms with Gasteiger partial charge < -0.3 is 19.5 Å². The number of nitrogens with one attached hydrogen (secondary N) is 1. The predicted molar refractivity (Wildman–Crippen MR) is 124 cm³/mol. The topological polar surface area (TPSA) is 63.4 Å². The largest absolute Gasteiger partial charge is 0.388 e. The third-order valence-corrected chi connectivity index (χ3v) is 5.63. The molecule has 1 fully saturated rings. The van der Waals surface area contributed by atoms with Crippen LogP contribution in [0.15, 0.2) is 58.8 Å². The Morgan fingerprint density at radius 1 is 1.19 bits per heavy atom. The number of morpholine rings is 1. The Kier molecular flexibility index (Phi) is 7.17. The Morgan fingerprint density at radius 2 is 1.97 bits per heavy atom. The second-order valence-electron chi connectivity index (χ2n) is 7.89. The Hall–Kier alpha value is -3.19. The molecule has 3 aromatic rings. The van der Waals surface area contributed by atoms with Crippen molar-refractivity contribution in [2.45, 2.75) is 26.2 Å². The van der Waals surface area contributed by atoms with E-state index in [2.05, 4.69) is 22.4 Å². The number of nitrogens with zero attached hydrogens (tertiary/aromatic N) is 3. The van der Waals surface area contributed by atoms with Crippen LogP contribution in [0.25, 0.3) is 17.2 Å². The fourth-order valence-corrected chi connectivity index (χ4v) is 3.74. The van der Waals surface area contributed by atoms with Gasteiger partial charge in [-0.3, -0.25) is 0 Å². The lowest BCUT2D eigenvalue weighted by Crippen LogP contribution is -2.36. The summed E-state index contributed by atoms with van der Waals surface area (Å²) in [4.78, 5) is 6.58. The van der Waals surface area contributed by atoms with Crippen LogP contribution in [0.4, 0.5) is 10.3 Å². The van der Waals surface area contributed by atoms with Gasteiger partial charge in [-0.2, -0.15) is 4.98 Å². The van der Waals surface area contributed by atoms with Crippen molar-refractivity contribution in [1.82, 2.24) is 15.5 Å². The summed E-state index contributed by atoms with van der Waals surface area (Å²) in [5.41, 5.74) is 3.26. The summed E-state index contributed by atoms with van der Waals surface area (Å²) in [5.74, 6) is 0.695. The summed E-state index contributed by atoms with van der Waals surface area (Å²) in [7, 11) is 0. The number of aromatic nitrogens is 2. The minimum atomic E-state index is -0.234. The number of ether oxygens (including phenoxy) is 1. The van der Waals surface area contributed by atoms with Gasteiger partial charge in [-0.15, -0.1) is 0 Å². The highest BCUT2D eigenvalue weighted by Gasteiger charge is 2.19. The molecular formula is C25H29FN4O2. The summed E-state index contributed by atoms with van der Waals surface area (Å²) in [6.07, 6.45) is 2.83. The van der Waals surface area contributed by atoms with Crippen LogP contribution in [0.2, 0.25) is 0 Å². The summed E-state index contributed by atoms with van der Waals surface area (Å²) < 4.78 is 25.8. The lowest BCUT2D eigenvalue weighted by Gasteiger charge is -2.24. The normalized spacial score (nSPS) is 15.6. The standard InChI is InChI=1S/C25H29FN4O2/c1-3-11-27-23(17-24-28-25(29-32-24)30-12-14-31-15-13-30)18(2)20-9-10-21(22(26)16-20)19-7-5-4-6-8-19/h4-10,16-18,27H,3,11-15H2,1-2H3. The van der Waals surface area contributed by atoms with Crippen LogP contribution < -0.4 is 10.2 Å². The number of halogens is 1. The molecule has 0 spiro atoms. The van der Waals surface area contributed by atoms with E-state index >= 15 is 0 Å². The van der Waals surface area contributed by atoms with Crippen LogP contribution in [0, 0.1) is 5.82 Å². The minimum absolute atomic E-state index is 0.0698. The molecule has 1 N–H and O–H groups in total. The first kappa shape index (κ1) is 22.0. The zero-order chi connectivity index (χ0) is 22.3. The minimum Gasteiger partial charge on any atom is -0.388 e. The first-order valence-electron chi connectivity index (χ1n) is 11.1. The molecule has 1 aliphatic rings. The highest BCUT2D eigenvalue weighted by Crippen LogP contribution is 2.29. The van der Waals surface area contributed by atoms with Crippen molar-refractivity contribution in [2.24, 2.45) is 0 Å². The summed E-state index contributed by atoms with van der Waals surface area (Å²) in [6, 6.07) is 15.0. The third-order valence-electron chi connectivity index (χ3n) is 5.63. The predicted octanol–water partition coefficient (Wildman–Crippen LogP) is 4.86. The number of rotatable bonds is 8. The first-order valence-corrected chi connectivity index (χ1v) is 11.1. The van der Waals surface area contributed by atoms with Gasteiger partial charge in [-0.25, -0.2) is 4.39 Å². The van der Waals surface area contributed by atoms with E-state index in [1.165, 1.54) is 0 Å². The van der Waals surface area contributed by atoms with Crippen molar-refractivity contribution >= 4 is 12.0 Å². The molecule has 32 heavy (non-hydrogen) atoms. The van der Waals surface area contributed by atoms with Gasteiger partial charge in [0.1, 0.15) is 5.82 Å². The molecule has 7 heteroatoms. The molecule has 0 saturated carbocycles. The number of allylic oxidation sites excluding steroid dienone is 1. The molecule has 1 atom stereocenters.